The van der Waals surface area contributed by atoms with Gasteiger partial charge in [-0.15, -0.1) is 0 Å². The van der Waals surface area contributed by atoms with E-state index >= 15 is 0 Å². The summed E-state index contributed by atoms with van der Waals surface area (Å²) < 4.78 is 30.6. The number of nitrogens with zero attached hydrogens (tertiary/aromatic N) is 1. The van der Waals surface area contributed by atoms with E-state index in [1.807, 2.05) is 33.3 Å². The van der Waals surface area contributed by atoms with Crippen molar-refractivity contribution in [3.05, 3.63) is 60.8 Å². The Labute approximate surface area is 420 Å². The number of hydrogen-bond donors (Lipinski definition) is 2. The number of phosphoric acid groups is 1. The van der Waals surface area contributed by atoms with Gasteiger partial charge in [0.05, 0.1) is 33.8 Å². The molecule has 9 nitrogen and oxygen atoms in total. The molecule has 0 saturated heterocycles. The molecule has 1 amide bonds. The number of ether oxygens (including phenoxy) is 1. The molecule has 0 aliphatic carbocycles. The van der Waals surface area contributed by atoms with Gasteiger partial charge in [0.1, 0.15) is 19.3 Å². The summed E-state index contributed by atoms with van der Waals surface area (Å²) in [5.74, 6) is -0.528. The SMILES string of the molecule is CC/C=C/C/C=C/CCCCCCCCCC(=O)OC(/C=C/CCCCCCCCCCCCC)C(COP(=O)(O)OCC[N+](C)(C)C)NC(=O)CCCCCCCC/C=C/C=C/CCCCC. The molecule has 0 aromatic rings. The molecule has 0 fully saturated rings. The zero-order valence-electron chi connectivity index (χ0n) is 45.1. The Kier molecular flexibility index (Phi) is 46.7. The molecule has 10 heteroatoms. The Bertz CT molecular complexity index is 1350. The number of allylic oxidation sites excluding steroid dienone is 9. The highest BCUT2D eigenvalue weighted by Gasteiger charge is 2.30. The smallest absolute Gasteiger partial charge is 0.456 e. The lowest BCUT2D eigenvalue weighted by atomic mass is 10.0. The van der Waals surface area contributed by atoms with Gasteiger partial charge in [0.15, 0.2) is 0 Å². The van der Waals surface area contributed by atoms with Crippen LogP contribution in [0.3, 0.4) is 0 Å². The average molecular weight is 976 g/mol. The predicted molar refractivity (Wildman–Crippen MR) is 291 cm³/mol. The molecule has 68 heavy (non-hydrogen) atoms. The van der Waals surface area contributed by atoms with Crippen LogP contribution in [0.4, 0.5) is 0 Å². The fourth-order valence-electron chi connectivity index (χ4n) is 7.85. The maximum absolute atomic E-state index is 13.5. The summed E-state index contributed by atoms with van der Waals surface area (Å²) >= 11 is 0. The van der Waals surface area contributed by atoms with Crippen molar-refractivity contribution >= 4 is 19.7 Å². The average Bonchev–Trinajstić information content (AvgIpc) is 3.29. The number of carbonyl (C=O) groups is 2. The predicted octanol–water partition coefficient (Wildman–Crippen LogP) is 16.7. The second-order valence-electron chi connectivity index (χ2n) is 20.1. The monoisotopic (exact) mass is 976 g/mol. The second kappa shape index (κ2) is 48.3. The molecule has 0 aliphatic rings. The Hall–Kier alpha value is -2.29. The topological polar surface area (TPSA) is 111 Å². The molecule has 396 valence electrons. The van der Waals surface area contributed by atoms with Gasteiger partial charge >= 0.3 is 13.8 Å². The number of amides is 1. The molecular weight excluding hydrogens is 868 g/mol. The summed E-state index contributed by atoms with van der Waals surface area (Å²) in [4.78, 5) is 37.5. The summed E-state index contributed by atoms with van der Waals surface area (Å²) in [5.41, 5.74) is 0. The first kappa shape index (κ1) is 65.7. The van der Waals surface area contributed by atoms with E-state index in [1.165, 1.54) is 109 Å². The van der Waals surface area contributed by atoms with Crippen LogP contribution in [0.5, 0.6) is 0 Å². The van der Waals surface area contributed by atoms with Crippen LogP contribution in [0.25, 0.3) is 0 Å². The van der Waals surface area contributed by atoms with Crippen molar-refractivity contribution in [2.24, 2.45) is 0 Å². The number of quaternary nitrogens is 1. The largest absolute Gasteiger partial charge is 0.472 e. The van der Waals surface area contributed by atoms with Crippen LogP contribution < -0.4 is 5.32 Å². The first-order valence-corrected chi connectivity index (χ1v) is 29.6. The van der Waals surface area contributed by atoms with E-state index in [2.05, 4.69) is 74.7 Å². The third kappa shape index (κ3) is 48.7. The quantitative estimate of drug-likeness (QED) is 0.0156. The molecule has 0 saturated carbocycles. The van der Waals surface area contributed by atoms with Crippen molar-refractivity contribution in [1.29, 1.82) is 0 Å². The summed E-state index contributed by atoms with van der Waals surface area (Å²) in [6.45, 7) is 6.86. The van der Waals surface area contributed by atoms with E-state index in [4.69, 9.17) is 13.8 Å². The highest BCUT2D eigenvalue weighted by atomic mass is 31.2. The molecular formula is C58H108N2O7P+. The zero-order chi connectivity index (χ0) is 50.1. The standard InChI is InChI=1S/C58H107N2O7P/c1-7-10-13-16-19-22-25-28-30-32-35-38-41-44-47-50-57(61)59-55(54-66-68(63,64)65-53-52-60(4,5)6)56(49-46-43-40-37-34-31-27-24-21-18-15-12-9-3)67-58(62)51-48-45-42-39-36-33-29-26-23-20-17-14-11-8-2/h11,14,19-20,22-23,25,28,46,49,55-56H,7-10,12-13,15-18,21,24,26-27,29-45,47-48,50-54H2,1-6H3,(H-,59,61,63,64)/p+1/b14-11+,22-19+,23-20+,28-25+,49-46+. The van der Waals surface area contributed by atoms with Gasteiger partial charge in [0, 0.05) is 12.8 Å². The van der Waals surface area contributed by atoms with Gasteiger partial charge in [-0.25, -0.2) is 4.57 Å². The third-order valence-corrected chi connectivity index (χ3v) is 13.2. The number of esters is 1. The molecule has 0 aliphatic heterocycles. The summed E-state index contributed by atoms with van der Waals surface area (Å²) in [6, 6.07) is -0.857. The van der Waals surface area contributed by atoms with Gasteiger partial charge in [0.25, 0.3) is 0 Å². The Balaban J connectivity index is 5.42. The van der Waals surface area contributed by atoms with Crippen molar-refractivity contribution in [3.8, 4) is 0 Å². The maximum atomic E-state index is 13.5. The normalized spacial score (nSPS) is 14.3. The molecule has 0 aromatic heterocycles. The fraction of sp³-hybridized carbons (Fsp3) is 0.793. The van der Waals surface area contributed by atoms with Crippen LogP contribution in [0.2, 0.25) is 0 Å². The molecule has 0 aromatic carbocycles. The number of unbranched alkanes of at least 4 members (excludes halogenated alkanes) is 27. The lowest BCUT2D eigenvalue weighted by Crippen LogP contribution is -2.47. The van der Waals surface area contributed by atoms with Crippen LogP contribution in [0, 0.1) is 0 Å². The lowest BCUT2D eigenvalue weighted by Gasteiger charge is -2.27. The zero-order valence-corrected chi connectivity index (χ0v) is 46.0. The summed E-state index contributed by atoms with van der Waals surface area (Å²) in [7, 11) is 1.48. The van der Waals surface area contributed by atoms with Crippen molar-refractivity contribution in [2.45, 2.75) is 258 Å². The van der Waals surface area contributed by atoms with Gasteiger partial charge in [0.2, 0.25) is 5.91 Å². The first-order chi connectivity index (χ1) is 32.9. The van der Waals surface area contributed by atoms with E-state index in [0.717, 1.165) is 103 Å². The second-order valence-corrected chi connectivity index (χ2v) is 21.6. The summed E-state index contributed by atoms with van der Waals surface area (Å²) in [5, 5.41) is 3.04. The van der Waals surface area contributed by atoms with E-state index in [1.54, 1.807) is 0 Å². The molecule has 0 spiro atoms. The minimum atomic E-state index is -4.45. The molecule has 3 unspecified atom stereocenters. The Morgan fingerprint density at radius 1 is 0.544 bits per heavy atom. The number of nitrogens with one attached hydrogen (secondary N) is 1. The Morgan fingerprint density at radius 3 is 1.51 bits per heavy atom. The van der Waals surface area contributed by atoms with Crippen LogP contribution in [-0.2, 0) is 27.9 Å². The molecule has 0 radical (unpaired) electrons. The molecule has 3 atom stereocenters. The number of likely N-dealkylation sites (N-methyl/N-ethyl adjacent to an activating group) is 1. The fourth-order valence-corrected chi connectivity index (χ4v) is 8.59. The van der Waals surface area contributed by atoms with Gasteiger partial charge in [-0.3, -0.25) is 18.6 Å². The van der Waals surface area contributed by atoms with Gasteiger partial charge in [-0.2, -0.15) is 0 Å². The van der Waals surface area contributed by atoms with E-state index in [0.29, 0.717) is 17.4 Å². The number of carbonyl (C=O) groups excluding carboxylic acids is 2. The Morgan fingerprint density at radius 2 is 0.985 bits per heavy atom. The first-order valence-electron chi connectivity index (χ1n) is 28.1. The maximum Gasteiger partial charge on any atom is 0.472 e. The van der Waals surface area contributed by atoms with Crippen molar-refractivity contribution in [1.82, 2.24) is 5.32 Å². The lowest BCUT2D eigenvalue weighted by molar-refractivity contribution is -0.870. The van der Waals surface area contributed by atoms with E-state index in [-0.39, 0.29) is 31.5 Å². The van der Waals surface area contributed by atoms with E-state index < -0.39 is 20.0 Å². The minimum Gasteiger partial charge on any atom is -0.456 e. The third-order valence-electron chi connectivity index (χ3n) is 12.2. The van der Waals surface area contributed by atoms with Gasteiger partial charge in [-0.05, 0) is 83.1 Å². The molecule has 0 bridgehead atoms. The molecule has 0 rings (SSSR count). The van der Waals surface area contributed by atoms with Gasteiger partial charge < -0.3 is 19.4 Å². The molecule has 2 N–H and O–H groups in total. The highest BCUT2D eigenvalue weighted by molar-refractivity contribution is 7.47. The van der Waals surface area contributed by atoms with Gasteiger partial charge in [-0.1, -0.05) is 210 Å². The number of phosphoric ester groups is 1. The summed E-state index contributed by atoms with van der Waals surface area (Å²) in [6.07, 6.45) is 59.2. The van der Waals surface area contributed by atoms with Crippen LogP contribution >= 0.6 is 7.82 Å². The number of hydrogen-bond acceptors (Lipinski definition) is 6. The van der Waals surface area contributed by atoms with Crippen LogP contribution in [0.15, 0.2) is 60.8 Å². The van der Waals surface area contributed by atoms with Crippen molar-refractivity contribution < 1.29 is 37.3 Å². The highest BCUT2D eigenvalue weighted by Crippen LogP contribution is 2.43. The van der Waals surface area contributed by atoms with Crippen LogP contribution in [0.1, 0.15) is 245 Å². The van der Waals surface area contributed by atoms with Crippen molar-refractivity contribution in [3.63, 3.8) is 0 Å². The minimum absolute atomic E-state index is 0.0351. The van der Waals surface area contributed by atoms with Crippen molar-refractivity contribution in [2.75, 3.05) is 40.9 Å². The van der Waals surface area contributed by atoms with Crippen LogP contribution in [-0.4, -0.2) is 74.3 Å². The van der Waals surface area contributed by atoms with E-state index in [9.17, 15) is 19.0 Å². The molecule has 0 heterocycles. The number of rotatable bonds is 50.